The minimum Gasteiger partial charge on any atom is -0.496 e. The Labute approximate surface area is 200 Å². The molecule has 3 aromatic rings. The van der Waals surface area contributed by atoms with Crippen LogP contribution >= 0.6 is 0 Å². The lowest BCUT2D eigenvalue weighted by molar-refractivity contribution is -0.274. The minimum atomic E-state index is -4.77. The second-order valence-corrected chi connectivity index (χ2v) is 9.92. The van der Waals surface area contributed by atoms with Crippen molar-refractivity contribution < 1.29 is 32.5 Å². The van der Waals surface area contributed by atoms with Crippen molar-refractivity contribution >= 4 is 28.6 Å². The molecule has 1 aromatic heterocycles. The zero-order valence-electron chi connectivity index (χ0n) is 19.9. The predicted octanol–water partition coefficient (Wildman–Crippen LogP) is 6.77. The van der Waals surface area contributed by atoms with Crippen LogP contribution in [0.5, 0.6) is 11.5 Å². The molecule has 0 amide bonds. The van der Waals surface area contributed by atoms with Gasteiger partial charge in [0.2, 0.25) is 5.95 Å². The van der Waals surface area contributed by atoms with Gasteiger partial charge in [0.15, 0.2) is 0 Å². The van der Waals surface area contributed by atoms with Crippen LogP contribution in [0.1, 0.15) is 56.4 Å². The average Bonchev–Trinajstić information content (AvgIpc) is 3.08. The molecule has 0 aliphatic heterocycles. The number of methoxy groups -OCH3 is 1. The first-order chi connectivity index (χ1) is 16.3. The highest BCUT2D eigenvalue weighted by molar-refractivity contribution is 5.96. The van der Waals surface area contributed by atoms with E-state index in [2.05, 4.69) is 40.4 Å². The Morgan fingerprint density at radius 3 is 2.46 bits per heavy atom. The number of carboxylic acid groups (broad SMARTS) is 1. The third-order valence-corrected chi connectivity index (χ3v) is 6.31. The second-order valence-electron chi connectivity index (χ2n) is 9.92. The molecule has 1 saturated carbocycles. The third kappa shape index (κ3) is 5.47. The molecule has 2 atom stereocenters. The lowest BCUT2D eigenvalue weighted by atomic mass is 9.70. The molecule has 0 radical (unpaired) electrons. The van der Waals surface area contributed by atoms with E-state index >= 15 is 0 Å². The first-order valence-corrected chi connectivity index (χ1v) is 11.3. The van der Waals surface area contributed by atoms with E-state index in [1.807, 2.05) is 0 Å². The molecule has 1 aliphatic rings. The number of aromatic carboxylic acids is 1. The number of alkyl halides is 3. The molecule has 0 bridgehead atoms. The van der Waals surface area contributed by atoms with Gasteiger partial charge in [0.25, 0.3) is 0 Å². The van der Waals surface area contributed by atoms with Crippen molar-refractivity contribution in [2.45, 2.75) is 52.4 Å². The Balaban J connectivity index is 1.79. The van der Waals surface area contributed by atoms with Crippen molar-refractivity contribution in [3.8, 4) is 11.5 Å². The number of carboxylic acids is 1. The standard InChI is InChI=1S/C25H28F3N3O4/c1-14-9-16(13-24(2,3)12-14)31-20-11-21(34-4)18(22(32)33)10-19(20)30-23(31)29-15-5-7-17(8-6-15)35-25(26,27)28/h5-8,10-11,14,16H,9,12-13H2,1-4H3,(H,29,30)(H,32,33)/t14?,16-/m1/s1. The Hall–Kier alpha value is -3.43. The number of carbonyl (C=O) groups is 1. The van der Waals surface area contributed by atoms with E-state index in [1.54, 1.807) is 6.07 Å². The zero-order valence-corrected chi connectivity index (χ0v) is 19.9. The molecule has 7 nitrogen and oxygen atoms in total. The fourth-order valence-electron chi connectivity index (χ4n) is 5.28. The highest BCUT2D eigenvalue weighted by atomic mass is 19.4. The highest BCUT2D eigenvalue weighted by Gasteiger charge is 2.35. The molecule has 2 aromatic carbocycles. The molecule has 1 fully saturated rings. The van der Waals surface area contributed by atoms with E-state index in [1.165, 1.54) is 37.4 Å². The third-order valence-electron chi connectivity index (χ3n) is 6.31. The molecule has 0 spiro atoms. The maximum atomic E-state index is 12.5. The molecule has 2 N–H and O–H groups in total. The number of imidazole rings is 1. The van der Waals surface area contributed by atoms with Crippen LogP contribution in [0.3, 0.4) is 0 Å². The van der Waals surface area contributed by atoms with Crippen LogP contribution in [0.15, 0.2) is 36.4 Å². The van der Waals surface area contributed by atoms with Gasteiger partial charge in [-0.1, -0.05) is 20.8 Å². The molecular formula is C25H28F3N3O4. The van der Waals surface area contributed by atoms with Gasteiger partial charge in [-0.15, -0.1) is 13.2 Å². The SMILES string of the molecule is COc1cc2c(cc1C(=O)O)nc(Nc1ccc(OC(F)(F)F)cc1)n2[C@@H]1CC(C)CC(C)(C)C1. The number of benzene rings is 2. The number of fused-ring (bicyclic) bond motifs is 1. The number of nitrogens with zero attached hydrogens (tertiary/aromatic N) is 2. The van der Waals surface area contributed by atoms with E-state index in [4.69, 9.17) is 4.74 Å². The van der Waals surface area contributed by atoms with E-state index < -0.39 is 12.3 Å². The predicted molar refractivity (Wildman–Crippen MR) is 125 cm³/mol. The van der Waals surface area contributed by atoms with Crippen LogP contribution in [0.4, 0.5) is 24.8 Å². The molecule has 10 heteroatoms. The number of ether oxygens (including phenoxy) is 2. The van der Waals surface area contributed by atoms with Crippen molar-refractivity contribution in [3.05, 3.63) is 42.0 Å². The molecule has 188 valence electrons. The minimum absolute atomic E-state index is 0.00203. The van der Waals surface area contributed by atoms with Gasteiger partial charge in [0, 0.05) is 17.8 Å². The maximum absolute atomic E-state index is 12.5. The topological polar surface area (TPSA) is 85.6 Å². The van der Waals surface area contributed by atoms with Crippen LogP contribution in [0, 0.1) is 11.3 Å². The summed E-state index contributed by atoms with van der Waals surface area (Å²) in [6, 6.07) is 8.64. The van der Waals surface area contributed by atoms with Crippen LogP contribution in [-0.4, -0.2) is 34.1 Å². The van der Waals surface area contributed by atoms with Gasteiger partial charge in [-0.2, -0.15) is 0 Å². The summed E-state index contributed by atoms with van der Waals surface area (Å²) in [6.07, 6.45) is -1.88. The summed E-state index contributed by atoms with van der Waals surface area (Å²) in [5, 5.41) is 12.8. The summed E-state index contributed by atoms with van der Waals surface area (Å²) in [4.78, 5) is 16.4. The average molecular weight is 492 g/mol. The lowest BCUT2D eigenvalue weighted by Crippen LogP contribution is -2.29. The quantitative estimate of drug-likeness (QED) is 0.396. The largest absolute Gasteiger partial charge is 0.573 e. The smallest absolute Gasteiger partial charge is 0.496 e. The van der Waals surface area contributed by atoms with Crippen molar-refractivity contribution in [2.24, 2.45) is 11.3 Å². The first kappa shape index (κ1) is 24.7. The van der Waals surface area contributed by atoms with Crippen LogP contribution < -0.4 is 14.8 Å². The summed E-state index contributed by atoms with van der Waals surface area (Å²) < 4.78 is 48.9. The van der Waals surface area contributed by atoms with Gasteiger partial charge in [-0.3, -0.25) is 0 Å². The van der Waals surface area contributed by atoms with Gasteiger partial charge < -0.3 is 24.5 Å². The van der Waals surface area contributed by atoms with Gasteiger partial charge >= 0.3 is 12.3 Å². The number of anilines is 2. The van der Waals surface area contributed by atoms with E-state index in [9.17, 15) is 23.1 Å². The monoisotopic (exact) mass is 491 g/mol. The van der Waals surface area contributed by atoms with Crippen molar-refractivity contribution in [1.82, 2.24) is 9.55 Å². The van der Waals surface area contributed by atoms with Crippen molar-refractivity contribution in [1.29, 1.82) is 0 Å². The Morgan fingerprint density at radius 2 is 1.89 bits per heavy atom. The van der Waals surface area contributed by atoms with Gasteiger partial charge in [-0.05, 0) is 60.9 Å². The van der Waals surface area contributed by atoms with Crippen LogP contribution in [-0.2, 0) is 0 Å². The number of rotatable bonds is 6. The van der Waals surface area contributed by atoms with Crippen LogP contribution in [0.2, 0.25) is 0 Å². The molecule has 1 unspecified atom stereocenters. The van der Waals surface area contributed by atoms with E-state index in [0.717, 1.165) is 24.8 Å². The number of aromatic nitrogens is 2. The fourth-order valence-corrected chi connectivity index (χ4v) is 5.28. The fraction of sp³-hybridized carbons (Fsp3) is 0.440. The second kappa shape index (κ2) is 8.98. The van der Waals surface area contributed by atoms with Gasteiger partial charge in [-0.25, -0.2) is 9.78 Å². The summed E-state index contributed by atoms with van der Waals surface area (Å²) in [7, 11) is 1.42. The molecule has 1 heterocycles. The van der Waals surface area contributed by atoms with Crippen molar-refractivity contribution in [3.63, 3.8) is 0 Å². The summed E-state index contributed by atoms with van der Waals surface area (Å²) in [5.41, 5.74) is 1.82. The highest BCUT2D eigenvalue weighted by Crippen LogP contribution is 2.46. The zero-order chi connectivity index (χ0) is 25.5. The lowest BCUT2D eigenvalue weighted by Gasteiger charge is -2.40. The Bertz CT molecular complexity index is 1240. The molecule has 4 rings (SSSR count). The van der Waals surface area contributed by atoms with Gasteiger partial charge in [0.1, 0.15) is 17.1 Å². The molecular weight excluding hydrogens is 463 g/mol. The van der Waals surface area contributed by atoms with E-state index in [-0.39, 0.29) is 28.5 Å². The van der Waals surface area contributed by atoms with E-state index in [0.29, 0.717) is 23.1 Å². The number of hydrogen-bond donors (Lipinski definition) is 2. The molecule has 1 aliphatic carbocycles. The Morgan fingerprint density at radius 1 is 1.20 bits per heavy atom. The van der Waals surface area contributed by atoms with Crippen molar-refractivity contribution in [2.75, 3.05) is 12.4 Å². The van der Waals surface area contributed by atoms with Crippen LogP contribution in [0.25, 0.3) is 11.0 Å². The summed E-state index contributed by atoms with van der Waals surface area (Å²) in [5.74, 6) is -0.276. The molecule has 0 saturated heterocycles. The number of nitrogens with one attached hydrogen (secondary N) is 1. The summed E-state index contributed by atoms with van der Waals surface area (Å²) in [6.45, 7) is 6.66. The normalized spacial score (nSPS) is 20.0. The van der Waals surface area contributed by atoms with Gasteiger partial charge in [0.05, 0.1) is 18.1 Å². The maximum Gasteiger partial charge on any atom is 0.573 e. The first-order valence-electron chi connectivity index (χ1n) is 11.3. The number of halogens is 3. The number of hydrogen-bond acceptors (Lipinski definition) is 5. The Kier molecular flexibility index (Phi) is 6.33. The molecule has 35 heavy (non-hydrogen) atoms. The summed E-state index contributed by atoms with van der Waals surface area (Å²) >= 11 is 0.